The third-order valence-corrected chi connectivity index (χ3v) is 3.59. The molecule has 0 bridgehead atoms. The Labute approximate surface area is 139 Å². The van der Waals surface area contributed by atoms with Crippen LogP contribution in [-0.2, 0) is 4.79 Å². The van der Waals surface area contributed by atoms with Crippen molar-refractivity contribution >= 4 is 34.9 Å². The molecule has 22 heavy (non-hydrogen) atoms. The van der Waals surface area contributed by atoms with Crippen molar-refractivity contribution in [3.63, 3.8) is 0 Å². The number of rotatable bonds is 6. The molecular formula is C16H16Cl2N2O2. The second-order valence-corrected chi connectivity index (χ2v) is 5.62. The molecule has 1 aromatic heterocycles. The van der Waals surface area contributed by atoms with E-state index in [1.807, 2.05) is 19.1 Å². The number of hydrogen-bond donors (Lipinski definition) is 1. The van der Waals surface area contributed by atoms with E-state index < -0.39 is 0 Å². The van der Waals surface area contributed by atoms with Gasteiger partial charge in [-0.2, -0.15) is 0 Å². The number of carbonyl (C=O) groups excluding carboxylic acids is 1. The zero-order chi connectivity index (χ0) is 15.9. The molecule has 1 heterocycles. The lowest BCUT2D eigenvalue weighted by Crippen LogP contribution is -2.13. The summed E-state index contributed by atoms with van der Waals surface area (Å²) in [6.45, 7) is 2.38. The molecule has 0 saturated carbocycles. The van der Waals surface area contributed by atoms with Crippen LogP contribution in [0.2, 0.25) is 10.0 Å². The maximum absolute atomic E-state index is 11.8. The maximum atomic E-state index is 11.8. The van der Waals surface area contributed by atoms with Crippen molar-refractivity contribution in [1.82, 2.24) is 4.98 Å². The van der Waals surface area contributed by atoms with Gasteiger partial charge in [0.2, 0.25) is 5.91 Å². The third-order valence-electron chi connectivity index (χ3n) is 2.94. The van der Waals surface area contributed by atoms with Crippen LogP contribution in [0.25, 0.3) is 0 Å². The summed E-state index contributed by atoms with van der Waals surface area (Å²) in [6.07, 6.45) is 2.46. The van der Waals surface area contributed by atoms with E-state index in [1.165, 1.54) is 6.20 Å². The first kappa shape index (κ1) is 16.6. The highest BCUT2D eigenvalue weighted by molar-refractivity contribution is 6.31. The normalized spacial score (nSPS) is 10.3. The lowest BCUT2D eigenvalue weighted by atomic mass is 10.2. The van der Waals surface area contributed by atoms with Gasteiger partial charge in [-0.25, -0.2) is 4.98 Å². The number of hydrogen-bond acceptors (Lipinski definition) is 3. The van der Waals surface area contributed by atoms with Crippen LogP contribution in [0.3, 0.4) is 0 Å². The first-order valence-corrected chi connectivity index (χ1v) is 7.60. The molecule has 0 spiro atoms. The molecule has 116 valence electrons. The second-order valence-electron chi connectivity index (χ2n) is 4.77. The molecule has 0 radical (unpaired) electrons. The zero-order valence-electron chi connectivity index (χ0n) is 12.1. The van der Waals surface area contributed by atoms with E-state index in [-0.39, 0.29) is 5.91 Å². The second kappa shape index (κ2) is 8.01. The monoisotopic (exact) mass is 338 g/mol. The predicted octanol–water partition coefficient (Wildman–Crippen LogP) is 4.49. The standard InChI is InChI=1S/C16H16Cl2N2O2/c1-11-9-13(5-6-14(11)18)22-8-2-3-16(21)20-15-7-4-12(17)10-19-15/h4-7,9-10H,2-3,8H2,1H3,(H,19,20,21). The summed E-state index contributed by atoms with van der Waals surface area (Å²) in [7, 11) is 0. The number of anilines is 1. The summed E-state index contributed by atoms with van der Waals surface area (Å²) < 4.78 is 5.59. The van der Waals surface area contributed by atoms with E-state index >= 15 is 0 Å². The fourth-order valence-corrected chi connectivity index (χ4v) is 2.01. The molecule has 2 aromatic rings. The number of pyridine rings is 1. The van der Waals surface area contributed by atoms with Crippen LogP contribution >= 0.6 is 23.2 Å². The Morgan fingerprint density at radius 3 is 2.77 bits per heavy atom. The average molecular weight is 339 g/mol. The molecule has 4 nitrogen and oxygen atoms in total. The lowest BCUT2D eigenvalue weighted by molar-refractivity contribution is -0.116. The van der Waals surface area contributed by atoms with Crippen LogP contribution in [0.5, 0.6) is 5.75 Å². The Hall–Kier alpha value is -1.78. The van der Waals surface area contributed by atoms with E-state index in [2.05, 4.69) is 10.3 Å². The van der Waals surface area contributed by atoms with Gasteiger partial charge in [0.1, 0.15) is 11.6 Å². The minimum absolute atomic E-state index is 0.106. The van der Waals surface area contributed by atoms with Crippen LogP contribution in [0, 0.1) is 6.92 Å². The van der Waals surface area contributed by atoms with Gasteiger partial charge in [0, 0.05) is 17.6 Å². The minimum Gasteiger partial charge on any atom is -0.494 e. The Balaban J connectivity index is 1.70. The maximum Gasteiger partial charge on any atom is 0.225 e. The van der Waals surface area contributed by atoms with E-state index in [9.17, 15) is 4.79 Å². The van der Waals surface area contributed by atoms with Gasteiger partial charge in [-0.3, -0.25) is 4.79 Å². The van der Waals surface area contributed by atoms with Gasteiger partial charge in [-0.15, -0.1) is 0 Å². The first-order chi connectivity index (χ1) is 10.5. The summed E-state index contributed by atoms with van der Waals surface area (Å²) >= 11 is 11.7. The highest BCUT2D eigenvalue weighted by atomic mass is 35.5. The topological polar surface area (TPSA) is 51.2 Å². The molecule has 0 atom stereocenters. The van der Waals surface area contributed by atoms with E-state index in [0.29, 0.717) is 35.3 Å². The number of carbonyl (C=O) groups is 1. The highest BCUT2D eigenvalue weighted by Gasteiger charge is 2.04. The number of nitrogens with zero attached hydrogens (tertiary/aromatic N) is 1. The van der Waals surface area contributed by atoms with Crippen molar-refractivity contribution in [2.75, 3.05) is 11.9 Å². The van der Waals surface area contributed by atoms with Crippen molar-refractivity contribution < 1.29 is 9.53 Å². The Bertz CT molecular complexity index is 645. The van der Waals surface area contributed by atoms with Gasteiger partial charge >= 0.3 is 0 Å². The van der Waals surface area contributed by atoms with Gasteiger partial charge in [-0.05, 0) is 49.2 Å². The molecule has 0 unspecified atom stereocenters. The Morgan fingerprint density at radius 2 is 2.09 bits per heavy atom. The zero-order valence-corrected chi connectivity index (χ0v) is 13.6. The van der Waals surface area contributed by atoms with E-state index in [4.69, 9.17) is 27.9 Å². The molecule has 0 saturated heterocycles. The molecule has 1 N–H and O–H groups in total. The SMILES string of the molecule is Cc1cc(OCCCC(=O)Nc2ccc(Cl)cn2)ccc1Cl. The molecule has 1 aromatic carbocycles. The lowest BCUT2D eigenvalue weighted by Gasteiger charge is -2.08. The van der Waals surface area contributed by atoms with Crippen LogP contribution in [0.15, 0.2) is 36.5 Å². The van der Waals surface area contributed by atoms with Crippen LogP contribution in [-0.4, -0.2) is 17.5 Å². The summed E-state index contributed by atoms with van der Waals surface area (Å²) in [4.78, 5) is 15.8. The van der Waals surface area contributed by atoms with Crippen LogP contribution in [0.4, 0.5) is 5.82 Å². The van der Waals surface area contributed by atoms with Gasteiger partial charge in [0.15, 0.2) is 0 Å². The molecule has 0 aliphatic rings. The largest absolute Gasteiger partial charge is 0.494 e. The minimum atomic E-state index is -0.106. The van der Waals surface area contributed by atoms with Crippen molar-refractivity contribution in [1.29, 1.82) is 0 Å². The van der Waals surface area contributed by atoms with Gasteiger partial charge in [0.05, 0.1) is 11.6 Å². The molecule has 0 aliphatic heterocycles. The van der Waals surface area contributed by atoms with Crippen molar-refractivity contribution in [2.45, 2.75) is 19.8 Å². The molecule has 0 fully saturated rings. The van der Waals surface area contributed by atoms with Gasteiger partial charge in [-0.1, -0.05) is 23.2 Å². The van der Waals surface area contributed by atoms with Gasteiger partial charge in [0.25, 0.3) is 0 Å². The third kappa shape index (κ3) is 5.20. The summed E-state index contributed by atoms with van der Waals surface area (Å²) in [5.74, 6) is 1.14. The molecule has 2 rings (SSSR count). The average Bonchev–Trinajstić information content (AvgIpc) is 2.49. The Kier molecular flexibility index (Phi) is 6.04. The fourth-order valence-electron chi connectivity index (χ4n) is 1.78. The summed E-state index contributed by atoms with van der Waals surface area (Å²) in [5.41, 5.74) is 0.964. The first-order valence-electron chi connectivity index (χ1n) is 6.85. The summed E-state index contributed by atoms with van der Waals surface area (Å²) in [6, 6.07) is 8.82. The van der Waals surface area contributed by atoms with Crippen molar-refractivity contribution in [3.8, 4) is 5.75 Å². The van der Waals surface area contributed by atoms with E-state index in [1.54, 1.807) is 18.2 Å². The van der Waals surface area contributed by atoms with Crippen molar-refractivity contribution in [2.24, 2.45) is 0 Å². The molecular weight excluding hydrogens is 323 g/mol. The molecule has 6 heteroatoms. The number of halogens is 2. The quantitative estimate of drug-likeness (QED) is 0.789. The number of aryl methyl sites for hydroxylation is 1. The highest BCUT2D eigenvalue weighted by Crippen LogP contribution is 2.21. The summed E-state index contributed by atoms with van der Waals surface area (Å²) in [5, 5.41) is 3.95. The van der Waals surface area contributed by atoms with Crippen LogP contribution < -0.4 is 10.1 Å². The number of amides is 1. The van der Waals surface area contributed by atoms with Gasteiger partial charge < -0.3 is 10.1 Å². The Morgan fingerprint density at radius 1 is 1.27 bits per heavy atom. The predicted molar refractivity (Wildman–Crippen MR) is 88.8 cm³/mol. The number of nitrogens with one attached hydrogen (secondary N) is 1. The number of ether oxygens (including phenoxy) is 1. The number of benzene rings is 1. The molecule has 1 amide bonds. The molecule has 0 aliphatic carbocycles. The number of aromatic nitrogens is 1. The smallest absolute Gasteiger partial charge is 0.225 e. The van der Waals surface area contributed by atoms with Crippen molar-refractivity contribution in [3.05, 3.63) is 52.1 Å². The van der Waals surface area contributed by atoms with E-state index in [0.717, 1.165) is 11.3 Å². The fraction of sp³-hybridized carbons (Fsp3) is 0.250. The van der Waals surface area contributed by atoms with Crippen LogP contribution in [0.1, 0.15) is 18.4 Å².